The van der Waals surface area contributed by atoms with E-state index < -0.39 is 23.7 Å². The van der Waals surface area contributed by atoms with E-state index in [4.69, 9.17) is 9.15 Å². The van der Waals surface area contributed by atoms with Crippen LogP contribution in [0.2, 0.25) is 0 Å². The molecule has 1 aromatic heterocycles. The van der Waals surface area contributed by atoms with Gasteiger partial charge < -0.3 is 29.4 Å². The molecule has 0 spiro atoms. The molecular formula is C29H35N5O7S. The molecule has 2 aromatic carbocycles. The Kier molecular flexibility index (Phi) is 11.9. The standard InChI is InChI=1S/C29H35N5O7S/c1-19(2)12-14-33(17-24(35)30-22-10-8-20(9-11-22)27-31-32-29(41-27)42-4)25(36)18-34(15-13-26(37)38)28(39)21-6-5-7-23(16-21)40-3/h5-11,16,19H,12-15,17-18H2,1-4H3,(H,30,35)(H,37,38). The van der Waals surface area contributed by atoms with Gasteiger partial charge in [-0.25, -0.2) is 0 Å². The van der Waals surface area contributed by atoms with Crippen LogP contribution < -0.4 is 10.1 Å². The van der Waals surface area contributed by atoms with Gasteiger partial charge in [-0.2, -0.15) is 0 Å². The van der Waals surface area contributed by atoms with Crippen molar-refractivity contribution in [1.82, 2.24) is 20.0 Å². The largest absolute Gasteiger partial charge is 0.497 e. The lowest BCUT2D eigenvalue weighted by Crippen LogP contribution is -2.46. The molecule has 42 heavy (non-hydrogen) atoms. The quantitative estimate of drug-likeness (QED) is 0.246. The number of benzene rings is 2. The zero-order chi connectivity index (χ0) is 30.6. The number of aliphatic carboxylic acids is 1. The Balaban J connectivity index is 1.71. The highest BCUT2D eigenvalue weighted by Gasteiger charge is 2.25. The molecule has 13 heteroatoms. The minimum Gasteiger partial charge on any atom is -0.497 e. The van der Waals surface area contributed by atoms with Crippen molar-refractivity contribution in [2.24, 2.45) is 5.92 Å². The highest BCUT2D eigenvalue weighted by molar-refractivity contribution is 7.98. The van der Waals surface area contributed by atoms with E-state index in [1.165, 1.54) is 34.7 Å². The van der Waals surface area contributed by atoms with Crippen LogP contribution in [0.5, 0.6) is 5.75 Å². The second kappa shape index (κ2) is 15.6. The molecule has 0 aliphatic rings. The maximum atomic E-state index is 13.4. The number of ether oxygens (including phenoxy) is 1. The summed E-state index contributed by atoms with van der Waals surface area (Å²) in [6, 6.07) is 13.3. The molecule has 0 fully saturated rings. The summed E-state index contributed by atoms with van der Waals surface area (Å²) in [5.74, 6) is -1.43. The highest BCUT2D eigenvalue weighted by Crippen LogP contribution is 2.23. The first-order chi connectivity index (χ1) is 20.1. The smallest absolute Gasteiger partial charge is 0.305 e. The Morgan fingerprint density at radius 1 is 1.02 bits per heavy atom. The van der Waals surface area contributed by atoms with Crippen LogP contribution in [0.3, 0.4) is 0 Å². The first kappa shape index (κ1) is 32.1. The number of methoxy groups -OCH3 is 1. The first-order valence-corrected chi connectivity index (χ1v) is 14.5. The number of thioether (sulfide) groups is 1. The molecular weight excluding hydrogens is 562 g/mol. The predicted molar refractivity (Wildman–Crippen MR) is 157 cm³/mol. The molecule has 0 aliphatic carbocycles. The lowest BCUT2D eigenvalue weighted by Gasteiger charge is -2.28. The van der Waals surface area contributed by atoms with Crippen LogP contribution in [0.4, 0.5) is 5.69 Å². The van der Waals surface area contributed by atoms with Crippen LogP contribution in [-0.4, -0.2) is 88.3 Å². The number of nitrogens with one attached hydrogen (secondary N) is 1. The summed E-state index contributed by atoms with van der Waals surface area (Å²) in [5.41, 5.74) is 1.46. The number of hydrogen-bond acceptors (Lipinski definition) is 9. The summed E-state index contributed by atoms with van der Waals surface area (Å²) in [5, 5.41) is 20.4. The van der Waals surface area contributed by atoms with Gasteiger partial charge in [0.25, 0.3) is 11.1 Å². The minimum absolute atomic E-state index is 0.174. The molecule has 12 nitrogen and oxygen atoms in total. The zero-order valence-electron chi connectivity index (χ0n) is 24.0. The second-order valence-electron chi connectivity index (χ2n) is 9.80. The molecule has 0 bridgehead atoms. The van der Waals surface area contributed by atoms with Gasteiger partial charge in [-0.15, -0.1) is 10.2 Å². The lowest BCUT2D eigenvalue weighted by molar-refractivity contribution is -0.138. The van der Waals surface area contributed by atoms with Crippen LogP contribution in [0, 0.1) is 5.92 Å². The molecule has 0 unspecified atom stereocenters. The molecule has 224 valence electrons. The van der Waals surface area contributed by atoms with Crippen molar-refractivity contribution in [2.45, 2.75) is 31.9 Å². The van der Waals surface area contributed by atoms with Crippen LogP contribution in [0.25, 0.3) is 11.5 Å². The fourth-order valence-electron chi connectivity index (χ4n) is 3.87. The Morgan fingerprint density at radius 3 is 2.38 bits per heavy atom. The number of nitrogens with zero attached hydrogens (tertiary/aromatic N) is 4. The number of anilines is 1. The summed E-state index contributed by atoms with van der Waals surface area (Å²) >= 11 is 1.34. The summed E-state index contributed by atoms with van der Waals surface area (Å²) < 4.78 is 10.7. The van der Waals surface area contributed by atoms with Crippen LogP contribution in [-0.2, 0) is 14.4 Å². The van der Waals surface area contributed by atoms with Gasteiger partial charge in [-0.3, -0.25) is 19.2 Å². The van der Waals surface area contributed by atoms with Gasteiger partial charge in [0.15, 0.2) is 0 Å². The normalized spacial score (nSPS) is 10.8. The van der Waals surface area contributed by atoms with Crippen molar-refractivity contribution >= 4 is 41.1 Å². The Hall–Kier alpha value is -4.39. The van der Waals surface area contributed by atoms with Crippen molar-refractivity contribution in [3.63, 3.8) is 0 Å². The monoisotopic (exact) mass is 597 g/mol. The van der Waals surface area contributed by atoms with E-state index >= 15 is 0 Å². The average Bonchev–Trinajstić information content (AvgIpc) is 3.46. The molecule has 3 rings (SSSR count). The number of carboxylic acids is 1. The van der Waals surface area contributed by atoms with E-state index in [9.17, 15) is 24.3 Å². The molecule has 0 saturated heterocycles. The molecule has 0 aliphatic heterocycles. The second-order valence-corrected chi connectivity index (χ2v) is 10.6. The maximum absolute atomic E-state index is 13.4. The topological polar surface area (TPSA) is 155 Å². The molecule has 2 N–H and O–H groups in total. The van der Waals surface area contributed by atoms with Crippen LogP contribution in [0.15, 0.2) is 58.2 Å². The first-order valence-electron chi connectivity index (χ1n) is 13.3. The third-order valence-corrected chi connectivity index (χ3v) is 6.70. The van der Waals surface area contributed by atoms with Gasteiger partial charge >= 0.3 is 5.97 Å². The van der Waals surface area contributed by atoms with Crippen molar-refractivity contribution in [3.05, 3.63) is 54.1 Å². The summed E-state index contributed by atoms with van der Waals surface area (Å²) in [6.45, 7) is 3.49. The molecule has 3 amide bonds. The third-order valence-electron chi connectivity index (χ3n) is 6.19. The maximum Gasteiger partial charge on any atom is 0.305 e. The predicted octanol–water partition coefficient (Wildman–Crippen LogP) is 3.90. The van der Waals surface area contributed by atoms with E-state index in [1.54, 1.807) is 42.5 Å². The summed E-state index contributed by atoms with van der Waals surface area (Å²) in [7, 11) is 1.47. The molecule has 0 radical (unpaired) electrons. The van der Waals surface area contributed by atoms with Gasteiger partial charge in [-0.05, 0) is 61.1 Å². The Morgan fingerprint density at radius 2 is 1.76 bits per heavy atom. The lowest BCUT2D eigenvalue weighted by atomic mass is 10.1. The molecule has 3 aromatic rings. The Bertz CT molecular complexity index is 1380. The van der Waals surface area contributed by atoms with Gasteiger partial charge in [-0.1, -0.05) is 31.7 Å². The molecule has 0 atom stereocenters. The minimum atomic E-state index is -1.10. The number of amides is 3. The fourth-order valence-corrected chi connectivity index (χ4v) is 4.15. The van der Waals surface area contributed by atoms with E-state index in [0.29, 0.717) is 34.5 Å². The van der Waals surface area contributed by atoms with Crippen LogP contribution in [0.1, 0.15) is 37.0 Å². The average molecular weight is 598 g/mol. The Labute approximate surface area is 248 Å². The number of carbonyl (C=O) groups is 4. The van der Waals surface area contributed by atoms with E-state index in [-0.39, 0.29) is 44.1 Å². The van der Waals surface area contributed by atoms with E-state index in [1.807, 2.05) is 20.1 Å². The summed E-state index contributed by atoms with van der Waals surface area (Å²) in [4.78, 5) is 53.5. The van der Waals surface area contributed by atoms with Gasteiger partial charge in [0.2, 0.25) is 17.7 Å². The molecule has 1 heterocycles. The number of carboxylic acid groups (broad SMARTS) is 1. The fraction of sp³-hybridized carbons (Fsp3) is 0.379. The van der Waals surface area contributed by atoms with Crippen molar-refractivity contribution in [3.8, 4) is 17.2 Å². The zero-order valence-corrected chi connectivity index (χ0v) is 24.8. The van der Waals surface area contributed by atoms with Crippen molar-refractivity contribution in [1.29, 1.82) is 0 Å². The number of rotatable bonds is 15. The van der Waals surface area contributed by atoms with Gasteiger partial charge in [0, 0.05) is 29.9 Å². The van der Waals surface area contributed by atoms with Crippen LogP contribution >= 0.6 is 11.8 Å². The van der Waals surface area contributed by atoms with E-state index in [0.717, 1.165) is 0 Å². The number of carbonyl (C=O) groups excluding carboxylic acids is 3. The van der Waals surface area contributed by atoms with Gasteiger partial charge in [0.05, 0.1) is 20.1 Å². The van der Waals surface area contributed by atoms with Crippen molar-refractivity contribution in [2.75, 3.05) is 44.9 Å². The van der Waals surface area contributed by atoms with Gasteiger partial charge in [0.1, 0.15) is 12.3 Å². The van der Waals surface area contributed by atoms with Crippen molar-refractivity contribution < 1.29 is 33.4 Å². The third kappa shape index (κ3) is 9.61. The summed E-state index contributed by atoms with van der Waals surface area (Å²) in [6.07, 6.45) is 2.12. The molecule has 0 saturated carbocycles. The number of aromatic nitrogens is 2. The highest BCUT2D eigenvalue weighted by atomic mass is 32.2. The van der Waals surface area contributed by atoms with E-state index in [2.05, 4.69) is 15.5 Å². The number of hydrogen-bond donors (Lipinski definition) is 2. The SMILES string of the molecule is COc1cccc(C(=O)N(CCC(=O)O)CC(=O)N(CCC(C)C)CC(=O)Nc2ccc(-c3nnc(SC)o3)cc2)c1.